The zero-order chi connectivity index (χ0) is 18.2. The molecule has 1 aromatic heterocycles. The van der Waals surface area contributed by atoms with Crippen LogP contribution in [0.15, 0.2) is 46.5 Å². The van der Waals surface area contributed by atoms with Gasteiger partial charge in [-0.1, -0.05) is 12.1 Å². The zero-order valence-electron chi connectivity index (χ0n) is 14.2. The Bertz CT molecular complexity index is 926. The number of carbonyl (C=O) groups is 2. The molecular formula is C18H19N3O4. The third kappa shape index (κ3) is 2.96. The Morgan fingerprint density at radius 2 is 2.12 bits per heavy atom. The lowest BCUT2D eigenvalue weighted by Crippen LogP contribution is -2.54. The van der Waals surface area contributed by atoms with Gasteiger partial charge in [0, 0.05) is 6.20 Å². The lowest BCUT2D eigenvalue weighted by atomic mass is 10.1. The van der Waals surface area contributed by atoms with E-state index in [2.05, 4.69) is 10.6 Å². The number of benzene rings is 1. The van der Waals surface area contributed by atoms with Gasteiger partial charge in [0.25, 0.3) is 5.91 Å². The Morgan fingerprint density at radius 1 is 1.36 bits per heavy atom. The van der Waals surface area contributed by atoms with E-state index in [4.69, 9.17) is 14.9 Å². The topological polar surface area (TPSA) is 107 Å². The zero-order valence-corrected chi connectivity index (χ0v) is 14.2. The molecule has 7 nitrogen and oxygen atoms in total. The minimum Gasteiger partial charge on any atom is -0.465 e. The van der Waals surface area contributed by atoms with Crippen molar-refractivity contribution in [3.63, 3.8) is 0 Å². The van der Waals surface area contributed by atoms with Crippen LogP contribution >= 0.6 is 0 Å². The van der Waals surface area contributed by atoms with Crippen LogP contribution in [0.5, 0.6) is 0 Å². The Labute approximate surface area is 144 Å². The van der Waals surface area contributed by atoms with Crippen LogP contribution < -0.4 is 16.4 Å². The number of rotatable bonds is 3. The summed E-state index contributed by atoms with van der Waals surface area (Å²) in [6.45, 7) is 3.75. The van der Waals surface area contributed by atoms with Crippen LogP contribution in [0.3, 0.4) is 0 Å². The summed E-state index contributed by atoms with van der Waals surface area (Å²) < 4.78 is 10.3. The number of fused-ring (bicyclic) bond motifs is 1. The number of dihydropyridines is 1. The number of amides is 1. The molecule has 0 bridgehead atoms. The van der Waals surface area contributed by atoms with E-state index in [1.807, 2.05) is 26.0 Å². The van der Waals surface area contributed by atoms with E-state index in [0.717, 1.165) is 5.57 Å². The highest BCUT2D eigenvalue weighted by molar-refractivity contribution is 6.13. The summed E-state index contributed by atoms with van der Waals surface area (Å²) in [7, 11) is 1.28. The summed E-state index contributed by atoms with van der Waals surface area (Å²) in [6.07, 6.45) is 5.53. The molecule has 1 aliphatic heterocycles. The first-order valence-corrected chi connectivity index (χ1v) is 7.70. The smallest absolute Gasteiger partial charge is 0.338 e. The van der Waals surface area contributed by atoms with Crippen molar-refractivity contribution in [3.8, 4) is 0 Å². The van der Waals surface area contributed by atoms with Gasteiger partial charge in [0.15, 0.2) is 0 Å². The Morgan fingerprint density at radius 3 is 2.76 bits per heavy atom. The Balaban J connectivity index is 1.97. The monoisotopic (exact) mass is 341 g/mol. The van der Waals surface area contributed by atoms with Gasteiger partial charge in [0.2, 0.25) is 5.76 Å². The van der Waals surface area contributed by atoms with Crippen molar-refractivity contribution in [2.75, 3.05) is 12.8 Å². The van der Waals surface area contributed by atoms with Crippen LogP contribution in [-0.4, -0.2) is 24.6 Å². The van der Waals surface area contributed by atoms with Gasteiger partial charge in [-0.3, -0.25) is 4.79 Å². The first-order chi connectivity index (χ1) is 11.8. The van der Waals surface area contributed by atoms with Crippen LogP contribution in [0.25, 0.3) is 11.0 Å². The molecule has 2 aromatic rings. The molecule has 1 unspecified atom stereocenters. The second kappa shape index (κ2) is 6.01. The molecule has 2 heterocycles. The van der Waals surface area contributed by atoms with E-state index in [1.54, 1.807) is 24.4 Å². The van der Waals surface area contributed by atoms with E-state index in [-0.39, 0.29) is 17.0 Å². The highest BCUT2D eigenvalue weighted by atomic mass is 16.5. The van der Waals surface area contributed by atoms with Gasteiger partial charge in [-0.05, 0) is 37.6 Å². The maximum Gasteiger partial charge on any atom is 0.338 e. The fourth-order valence-electron chi connectivity index (χ4n) is 2.65. The molecular weight excluding hydrogens is 322 g/mol. The molecule has 0 spiro atoms. The van der Waals surface area contributed by atoms with E-state index >= 15 is 0 Å². The summed E-state index contributed by atoms with van der Waals surface area (Å²) in [5.41, 5.74) is 7.06. The summed E-state index contributed by atoms with van der Waals surface area (Å²) >= 11 is 0. The van der Waals surface area contributed by atoms with Crippen molar-refractivity contribution in [1.29, 1.82) is 0 Å². The number of carbonyl (C=O) groups excluding carboxylic acids is 2. The van der Waals surface area contributed by atoms with E-state index in [9.17, 15) is 9.59 Å². The number of furan rings is 1. The third-order valence-corrected chi connectivity index (χ3v) is 4.02. The molecule has 1 aliphatic rings. The second-order valence-electron chi connectivity index (χ2n) is 6.04. The number of nitrogens with one attached hydrogen (secondary N) is 2. The maximum absolute atomic E-state index is 12.6. The predicted molar refractivity (Wildman–Crippen MR) is 93.9 cm³/mol. The van der Waals surface area contributed by atoms with Crippen molar-refractivity contribution >= 4 is 28.5 Å². The molecule has 1 aromatic carbocycles. The standard InChI is InChI=1S/C18H19N3O4/c1-10-7-8-18(2,20-9-10)21-16(22)15-14(19)13-11(17(23)24-3)5-4-6-12(13)25-15/h4-9,20H,19H2,1-3H3,(H,21,22). The molecule has 0 saturated heterocycles. The molecule has 4 N–H and O–H groups in total. The van der Waals surface area contributed by atoms with Gasteiger partial charge in [0.05, 0.1) is 23.7 Å². The molecule has 0 fully saturated rings. The van der Waals surface area contributed by atoms with Crippen molar-refractivity contribution in [2.45, 2.75) is 19.5 Å². The normalized spacial score (nSPS) is 19.2. The number of hydrogen-bond acceptors (Lipinski definition) is 6. The van der Waals surface area contributed by atoms with Gasteiger partial charge >= 0.3 is 5.97 Å². The third-order valence-electron chi connectivity index (χ3n) is 4.02. The van der Waals surface area contributed by atoms with Crippen LogP contribution in [0, 0.1) is 0 Å². The predicted octanol–water partition coefficient (Wildman–Crippen LogP) is 2.31. The number of methoxy groups -OCH3 is 1. The highest BCUT2D eigenvalue weighted by Gasteiger charge is 2.29. The molecule has 130 valence electrons. The van der Waals surface area contributed by atoms with Gasteiger partial charge in [-0.25, -0.2) is 4.79 Å². The van der Waals surface area contributed by atoms with Crippen LogP contribution in [0.1, 0.15) is 34.8 Å². The summed E-state index contributed by atoms with van der Waals surface area (Å²) in [5, 5.41) is 6.29. The quantitative estimate of drug-likeness (QED) is 0.740. The SMILES string of the molecule is COC(=O)c1cccc2oc(C(=O)NC3(C)C=CC(C)=CN3)c(N)c12. The minimum absolute atomic E-state index is 0.0472. The average molecular weight is 341 g/mol. The number of ether oxygens (including phenoxy) is 1. The Kier molecular flexibility index (Phi) is 4.00. The Hall–Kier alpha value is -3.22. The molecule has 0 aliphatic carbocycles. The summed E-state index contributed by atoms with van der Waals surface area (Å²) in [4.78, 5) is 24.6. The van der Waals surface area contributed by atoms with Crippen molar-refractivity contribution in [3.05, 3.63) is 53.4 Å². The van der Waals surface area contributed by atoms with Gasteiger partial charge < -0.3 is 25.5 Å². The minimum atomic E-state index is -0.771. The van der Waals surface area contributed by atoms with Gasteiger partial charge in [-0.2, -0.15) is 0 Å². The van der Waals surface area contributed by atoms with Crippen molar-refractivity contribution < 1.29 is 18.7 Å². The molecule has 1 atom stereocenters. The van der Waals surface area contributed by atoms with E-state index < -0.39 is 17.5 Å². The number of allylic oxidation sites excluding steroid dienone is 2. The molecule has 0 saturated carbocycles. The van der Waals surface area contributed by atoms with Gasteiger partial charge in [-0.15, -0.1) is 0 Å². The molecule has 7 heteroatoms. The lowest BCUT2D eigenvalue weighted by molar-refractivity contribution is 0.0602. The van der Waals surface area contributed by atoms with Crippen LogP contribution in [-0.2, 0) is 4.74 Å². The summed E-state index contributed by atoms with van der Waals surface area (Å²) in [6, 6.07) is 4.85. The molecule has 3 rings (SSSR count). The van der Waals surface area contributed by atoms with Crippen LogP contribution in [0.2, 0.25) is 0 Å². The largest absolute Gasteiger partial charge is 0.465 e. The number of hydrogen-bond donors (Lipinski definition) is 3. The number of anilines is 1. The number of nitrogens with two attached hydrogens (primary N) is 1. The second-order valence-corrected chi connectivity index (χ2v) is 6.04. The molecule has 25 heavy (non-hydrogen) atoms. The van der Waals surface area contributed by atoms with Crippen molar-refractivity contribution in [2.24, 2.45) is 0 Å². The first kappa shape index (κ1) is 16.6. The molecule has 0 radical (unpaired) electrons. The van der Waals surface area contributed by atoms with Gasteiger partial charge in [0.1, 0.15) is 11.2 Å². The average Bonchev–Trinajstić information content (AvgIpc) is 2.94. The number of nitrogen functional groups attached to an aromatic ring is 1. The highest BCUT2D eigenvalue weighted by Crippen LogP contribution is 2.32. The molecule has 1 amide bonds. The fourth-order valence-corrected chi connectivity index (χ4v) is 2.65. The first-order valence-electron chi connectivity index (χ1n) is 7.70. The fraction of sp³-hybridized carbons (Fsp3) is 0.222. The maximum atomic E-state index is 12.6. The lowest BCUT2D eigenvalue weighted by Gasteiger charge is -2.30. The van der Waals surface area contributed by atoms with Crippen LogP contribution in [0.4, 0.5) is 5.69 Å². The van der Waals surface area contributed by atoms with E-state index in [1.165, 1.54) is 7.11 Å². The summed E-state index contributed by atoms with van der Waals surface area (Å²) in [5.74, 6) is -1.08. The number of esters is 1. The van der Waals surface area contributed by atoms with E-state index in [0.29, 0.717) is 11.0 Å². The van der Waals surface area contributed by atoms with Crippen molar-refractivity contribution in [1.82, 2.24) is 10.6 Å².